The molecular weight excluding hydrogens is 272 g/mol. The standard InChI is InChI=1S/C20H16O2/c1-22-20(21)19(17-8-3-2-4-9-17)14-15-11-12-16-7-5-6-10-18(16)13-15/h2-14H,1H3/b19-14+. The molecule has 0 amide bonds. The second-order valence-electron chi connectivity index (χ2n) is 5.02. The van der Waals surface area contributed by atoms with E-state index in [1.165, 1.54) is 12.5 Å². The highest BCUT2D eigenvalue weighted by atomic mass is 16.5. The number of hydrogen-bond donors (Lipinski definition) is 0. The summed E-state index contributed by atoms with van der Waals surface area (Å²) in [7, 11) is 1.40. The van der Waals surface area contributed by atoms with Crippen LogP contribution in [0.5, 0.6) is 0 Å². The predicted molar refractivity (Wildman–Crippen MR) is 90.3 cm³/mol. The zero-order valence-electron chi connectivity index (χ0n) is 12.3. The summed E-state index contributed by atoms with van der Waals surface area (Å²) in [6, 6.07) is 23.8. The van der Waals surface area contributed by atoms with E-state index in [4.69, 9.17) is 4.74 Å². The van der Waals surface area contributed by atoms with Gasteiger partial charge in [-0.05, 0) is 34.0 Å². The molecule has 2 nitrogen and oxygen atoms in total. The number of methoxy groups -OCH3 is 1. The smallest absolute Gasteiger partial charge is 0.338 e. The first-order chi connectivity index (χ1) is 10.8. The third kappa shape index (κ3) is 2.91. The minimum atomic E-state index is -0.334. The maximum absolute atomic E-state index is 12.1. The summed E-state index contributed by atoms with van der Waals surface area (Å²) < 4.78 is 4.92. The summed E-state index contributed by atoms with van der Waals surface area (Å²) in [6.45, 7) is 0. The molecule has 3 aromatic rings. The van der Waals surface area contributed by atoms with Crippen LogP contribution < -0.4 is 0 Å². The summed E-state index contributed by atoms with van der Waals surface area (Å²) in [4.78, 5) is 12.1. The second kappa shape index (κ2) is 6.27. The highest BCUT2D eigenvalue weighted by Crippen LogP contribution is 2.22. The summed E-state index contributed by atoms with van der Waals surface area (Å²) in [5.74, 6) is -0.334. The SMILES string of the molecule is COC(=O)/C(=C/c1ccc2ccccc2c1)c1ccccc1. The van der Waals surface area contributed by atoms with Crippen molar-refractivity contribution in [3.8, 4) is 0 Å². The molecule has 3 aromatic carbocycles. The maximum atomic E-state index is 12.1. The fourth-order valence-corrected chi connectivity index (χ4v) is 2.45. The third-order valence-corrected chi connectivity index (χ3v) is 3.57. The van der Waals surface area contributed by atoms with Gasteiger partial charge in [0.15, 0.2) is 0 Å². The van der Waals surface area contributed by atoms with Gasteiger partial charge < -0.3 is 4.74 Å². The Bertz CT molecular complexity index is 832. The lowest BCUT2D eigenvalue weighted by molar-refractivity contribution is -0.133. The molecule has 0 aliphatic heterocycles. The predicted octanol–water partition coefficient (Wildman–Crippen LogP) is 4.55. The van der Waals surface area contributed by atoms with Crippen LogP contribution in [0.1, 0.15) is 11.1 Å². The van der Waals surface area contributed by atoms with Crippen LogP contribution in [0, 0.1) is 0 Å². The Morgan fingerprint density at radius 3 is 2.27 bits per heavy atom. The normalized spacial score (nSPS) is 11.4. The van der Waals surface area contributed by atoms with Crippen LogP contribution in [-0.4, -0.2) is 13.1 Å². The monoisotopic (exact) mass is 288 g/mol. The minimum Gasteiger partial charge on any atom is -0.465 e. The van der Waals surface area contributed by atoms with E-state index in [0.717, 1.165) is 16.5 Å². The van der Waals surface area contributed by atoms with Crippen molar-refractivity contribution in [2.45, 2.75) is 0 Å². The summed E-state index contributed by atoms with van der Waals surface area (Å²) >= 11 is 0. The van der Waals surface area contributed by atoms with Gasteiger partial charge in [0, 0.05) is 0 Å². The van der Waals surface area contributed by atoms with E-state index in [1.54, 1.807) is 0 Å². The highest BCUT2D eigenvalue weighted by Gasteiger charge is 2.12. The number of hydrogen-bond acceptors (Lipinski definition) is 2. The molecule has 0 heterocycles. The molecule has 0 radical (unpaired) electrons. The molecule has 0 aromatic heterocycles. The van der Waals surface area contributed by atoms with Gasteiger partial charge in [0.25, 0.3) is 0 Å². The molecule has 22 heavy (non-hydrogen) atoms. The Labute approximate surface area is 129 Å². The van der Waals surface area contributed by atoms with Crippen molar-refractivity contribution >= 4 is 28.4 Å². The second-order valence-corrected chi connectivity index (χ2v) is 5.02. The Hall–Kier alpha value is -2.87. The van der Waals surface area contributed by atoms with Crippen LogP contribution in [0.4, 0.5) is 0 Å². The molecule has 0 spiro atoms. The van der Waals surface area contributed by atoms with Crippen molar-refractivity contribution in [3.05, 3.63) is 83.9 Å². The first-order valence-corrected chi connectivity index (χ1v) is 7.12. The number of rotatable bonds is 3. The minimum absolute atomic E-state index is 0.334. The van der Waals surface area contributed by atoms with Crippen LogP contribution in [0.15, 0.2) is 72.8 Å². The van der Waals surface area contributed by atoms with E-state index in [9.17, 15) is 4.79 Å². The first-order valence-electron chi connectivity index (χ1n) is 7.12. The molecule has 2 heteroatoms. The fourth-order valence-electron chi connectivity index (χ4n) is 2.45. The molecule has 0 N–H and O–H groups in total. The van der Waals surface area contributed by atoms with Crippen molar-refractivity contribution in [2.24, 2.45) is 0 Å². The van der Waals surface area contributed by atoms with Crippen molar-refractivity contribution in [1.29, 1.82) is 0 Å². The van der Waals surface area contributed by atoms with E-state index in [1.807, 2.05) is 54.6 Å². The average Bonchev–Trinajstić information content (AvgIpc) is 2.59. The fraction of sp³-hybridized carbons (Fsp3) is 0.0500. The van der Waals surface area contributed by atoms with Crippen LogP contribution in [0.2, 0.25) is 0 Å². The van der Waals surface area contributed by atoms with Crippen LogP contribution in [0.25, 0.3) is 22.4 Å². The Morgan fingerprint density at radius 1 is 0.864 bits per heavy atom. The Morgan fingerprint density at radius 2 is 1.55 bits per heavy atom. The van der Waals surface area contributed by atoms with Crippen LogP contribution >= 0.6 is 0 Å². The summed E-state index contributed by atoms with van der Waals surface area (Å²) in [6.07, 6.45) is 1.87. The lowest BCUT2D eigenvalue weighted by Crippen LogP contribution is -2.03. The molecule has 3 rings (SSSR count). The lowest BCUT2D eigenvalue weighted by atomic mass is 10.0. The summed E-state index contributed by atoms with van der Waals surface area (Å²) in [5, 5.41) is 2.33. The van der Waals surface area contributed by atoms with Crippen LogP contribution in [-0.2, 0) is 9.53 Å². The molecule has 0 aliphatic carbocycles. The van der Waals surface area contributed by atoms with Crippen LogP contribution in [0.3, 0.4) is 0 Å². The van der Waals surface area contributed by atoms with Gasteiger partial charge in [-0.3, -0.25) is 0 Å². The van der Waals surface area contributed by atoms with Gasteiger partial charge in [-0.1, -0.05) is 66.7 Å². The summed E-state index contributed by atoms with van der Waals surface area (Å²) in [5.41, 5.74) is 2.38. The van der Waals surface area contributed by atoms with E-state index >= 15 is 0 Å². The number of benzene rings is 3. The van der Waals surface area contributed by atoms with Gasteiger partial charge >= 0.3 is 5.97 Å². The van der Waals surface area contributed by atoms with Gasteiger partial charge in [0.2, 0.25) is 0 Å². The lowest BCUT2D eigenvalue weighted by Gasteiger charge is -2.06. The number of carbonyl (C=O) groups excluding carboxylic acids is 1. The largest absolute Gasteiger partial charge is 0.465 e. The number of ether oxygens (including phenoxy) is 1. The average molecular weight is 288 g/mol. The molecular formula is C20H16O2. The van der Waals surface area contributed by atoms with Gasteiger partial charge in [0.05, 0.1) is 12.7 Å². The van der Waals surface area contributed by atoms with Crippen molar-refractivity contribution < 1.29 is 9.53 Å². The number of carbonyl (C=O) groups is 1. The first kappa shape index (κ1) is 14.1. The van der Waals surface area contributed by atoms with E-state index in [2.05, 4.69) is 24.3 Å². The maximum Gasteiger partial charge on any atom is 0.338 e. The van der Waals surface area contributed by atoms with E-state index < -0.39 is 0 Å². The zero-order chi connectivity index (χ0) is 15.4. The van der Waals surface area contributed by atoms with Gasteiger partial charge in [-0.15, -0.1) is 0 Å². The van der Waals surface area contributed by atoms with Gasteiger partial charge in [-0.2, -0.15) is 0 Å². The Kier molecular flexibility index (Phi) is 4.01. The van der Waals surface area contributed by atoms with E-state index in [-0.39, 0.29) is 5.97 Å². The molecule has 0 atom stereocenters. The molecule has 108 valence electrons. The molecule has 0 aliphatic rings. The van der Waals surface area contributed by atoms with Crippen molar-refractivity contribution in [1.82, 2.24) is 0 Å². The Balaban J connectivity index is 2.09. The van der Waals surface area contributed by atoms with Gasteiger partial charge in [0.1, 0.15) is 0 Å². The zero-order valence-corrected chi connectivity index (χ0v) is 12.3. The highest BCUT2D eigenvalue weighted by molar-refractivity contribution is 6.21. The van der Waals surface area contributed by atoms with Gasteiger partial charge in [-0.25, -0.2) is 4.79 Å². The molecule has 0 saturated carbocycles. The molecule has 0 saturated heterocycles. The number of fused-ring (bicyclic) bond motifs is 1. The van der Waals surface area contributed by atoms with Crippen molar-refractivity contribution in [2.75, 3.05) is 7.11 Å². The third-order valence-electron chi connectivity index (χ3n) is 3.57. The van der Waals surface area contributed by atoms with Crippen molar-refractivity contribution in [3.63, 3.8) is 0 Å². The molecule has 0 unspecified atom stereocenters. The number of esters is 1. The quantitative estimate of drug-likeness (QED) is 0.401. The topological polar surface area (TPSA) is 26.3 Å². The molecule has 0 bridgehead atoms. The molecule has 0 fully saturated rings. The van der Waals surface area contributed by atoms with E-state index in [0.29, 0.717) is 5.57 Å².